The van der Waals surface area contributed by atoms with Crippen molar-refractivity contribution in [3.63, 3.8) is 0 Å². The Morgan fingerprint density at radius 3 is 1.52 bits per heavy atom. The van der Waals surface area contributed by atoms with Crippen molar-refractivity contribution >= 4 is 119 Å². The molecule has 0 unspecified atom stereocenters. The molecule has 0 aliphatic heterocycles. The third kappa shape index (κ3) is 2.27. The maximum atomic E-state index is 6.27. The van der Waals surface area contributed by atoms with Crippen LogP contribution in [0.5, 0.6) is 0 Å². The molecule has 2 aromatic carbocycles. The maximum Gasteiger partial charge on any atom is 0.157 e. The Labute approximate surface area is 162 Å². The Hall–Kier alpha value is 0.750. The van der Waals surface area contributed by atoms with Crippen molar-refractivity contribution in [3.8, 4) is 0 Å². The van der Waals surface area contributed by atoms with Crippen LogP contribution >= 0.6 is 97.1 Å². The Bertz CT molecular complexity index is 857. The van der Waals surface area contributed by atoms with Gasteiger partial charge in [-0.05, 0) is 15.9 Å². The van der Waals surface area contributed by atoms with E-state index < -0.39 is 0 Å². The molecule has 0 radical (unpaired) electrons. The molecule has 0 saturated heterocycles. The smallest absolute Gasteiger partial charge is 0.157 e. The summed E-state index contributed by atoms with van der Waals surface area (Å²) in [5.74, 6) is 0. The lowest BCUT2D eigenvalue weighted by atomic mass is 10.1. The Balaban J connectivity index is 2.73. The van der Waals surface area contributed by atoms with Crippen molar-refractivity contribution in [2.75, 3.05) is 0 Å². The van der Waals surface area contributed by atoms with Gasteiger partial charge >= 0.3 is 0 Å². The highest BCUT2D eigenvalue weighted by Gasteiger charge is 2.26. The molecule has 1 heterocycles. The van der Waals surface area contributed by atoms with Gasteiger partial charge in [0.2, 0.25) is 0 Å². The van der Waals surface area contributed by atoms with Crippen LogP contribution in [0.25, 0.3) is 21.9 Å². The van der Waals surface area contributed by atoms with E-state index >= 15 is 0 Å². The molecule has 1 nitrogen and oxygen atoms in total. The molecule has 0 fully saturated rings. The third-order valence-electron chi connectivity index (χ3n) is 2.90. The predicted molar refractivity (Wildman–Crippen MR) is 96.5 cm³/mol. The van der Waals surface area contributed by atoms with Crippen molar-refractivity contribution in [2.45, 2.75) is 0 Å². The Kier molecular flexibility index (Phi) is 4.49. The second-order valence-electron chi connectivity index (χ2n) is 4.02. The van der Waals surface area contributed by atoms with Crippen LogP contribution in [-0.2, 0) is 0 Å². The van der Waals surface area contributed by atoms with Crippen molar-refractivity contribution < 1.29 is 4.42 Å². The molecule has 0 atom stereocenters. The first-order valence-corrected chi connectivity index (χ1v) is 8.61. The second-order valence-corrected chi connectivity index (χ2v) is 7.46. The fourth-order valence-corrected chi connectivity index (χ4v) is 4.27. The van der Waals surface area contributed by atoms with E-state index in [0.717, 1.165) is 0 Å². The molecule has 0 N–H and O–H groups in total. The van der Waals surface area contributed by atoms with Crippen LogP contribution in [0, 0.1) is 0 Å². The van der Waals surface area contributed by atoms with Gasteiger partial charge in [-0.15, -0.1) is 0 Å². The lowest BCUT2D eigenvalue weighted by Gasteiger charge is -2.05. The number of furan rings is 1. The highest BCUT2D eigenvalue weighted by molar-refractivity contribution is 9.10. The predicted octanol–water partition coefficient (Wildman–Crippen LogP) is 8.92. The summed E-state index contributed by atoms with van der Waals surface area (Å²) in [7, 11) is 0. The van der Waals surface area contributed by atoms with Gasteiger partial charge in [0.25, 0.3) is 0 Å². The Morgan fingerprint density at radius 1 is 0.524 bits per heavy atom. The SMILES string of the molecule is Clc1c(Cl)c(Cl)c2c(oc3c(Cl)c(Cl)c(Cl)c(Br)c32)c1Cl. The zero-order valence-electron chi connectivity index (χ0n) is 9.43. The van der Waals surface area contributed by atoms with Crippen LogP contribution < -0.4 is 0 Å². The van der Waals surface area contributed by atoms with Crippen LogP contribution in [-0.4, -0.2) is 0 Å². The average Bonchev–Trinajstić information content (AvgIpc) is 2.87. The molecule has 110 valence electrons. The highest BCUT2D eigenvalue weighted by atomic mass is 79.9. The summed E-state index contributed by atoms with van der Waals surface area (Å²) in [6.45, 7) is 0. The molecule has 21 heavy (non-hydrogen) atoms. The number of rotatable bonds is 0. The quantitative estimate of drug-likeness (QED) is 0.228. The van der Waals surface area contributed by atoms with Gasteiger partial charge in [-0.1, -0.05) is 81.2 Å². The molecule has 0 aliphatic rings. The van der Waals surface area contributed by atoms with Crippen LogP contribution in [0.3, 0.4) is 0 Å². The van der Waals surface area contributed by atoms with Gasteiger partial charge < -0.3 is 4.42 Å². The summed E-state index contributed by atoms with van der Waals surface area (Å²) in [5.41, 5.74) is 0.544. The van der Waals surface area contributed by atoms with Gasteiger partial charge in [0.15, 0.2) is 11.2 Å². The van der Waals surface area contributed by atoms with Crippen LogP contribution in [0.15, 0.2) is 8.89 Å². The minimum absolute atomic E-state index is 0.0966. The third-order valence-corrected chi connectivity index (χ3v) is 7.02. The first-order valence-electron chi connectivity index (χ1n) is 5.17. The van der Waals surface area contributed by atoms with E-state index in [0.29, 0.717) is 15.2 Å². The fraction of sp³-hybridized carbons (Fsp3) is 0. The summed E-state index contributed by atoms with van der Waals surface area (Å²) < 4.78 is 6.16. The van der Waals surface area contributed by atoms with Gasteiger partial charge in [-0.3, -0.25) is 0 Å². The average molecular weight is 488 g/mol. The van der Waals surface area contributed by atoms with E-state index in [4.69, 9.17) is 85.6 Å². The van der Waals surface area contributed by atoms with Gasteiger partial charge in [-0.25, -0.2) is 0 Å². The topological polar surface area (TPSA) is 13.1 Å². The van der Waals surface area contributed by atoms with E-state index in [2.05, 4.69) is 15.9 Å². The first-order chi connectivity index (χ1) is 9.77. The number of hydrogen-bond acceptors (Lipinski definition) is 1. The maximum absolute atomic E-state index is 6.27. The fourth-order valence-electron chi connectivity index (χ4n) is 1.96. The molecule has 0 spiro atoms. The van der Waals surface area contributed by atoms with E-state index in [1.54, 1.807) is 0 Å². The lowest BCUT2D eigenvalue weighted by molar-refractivity contribution is 0.669. The van der Waals surface area contributed by atoms with Crippen LogP contribution in [0.2, 0.25) is 35.2 Å². The Morgan fingerprint density at radius 2 is 0.952 bits per heavy atom. The largest absolute Gasteiger partial charge is 0.453 e. The van der Waals surface area contributed by atoms with Crippen molar-refractivity contribution in [1.29, 1.82) is 0 Å². The van der Waals surface area contributed by atoms with Crippen molar-refractivity contribution in [1.82, 2.24) is 0 Å². The monoisotopic (exact) mass is 484 g/mol. The minimum atomic E-state index is 0.0966. The van der Waals surface area contributed by atoms with Gasteiger partial charge in [0.05, 0.1) is 30.5 Å². The molecule has 9 heteroatoms. The van der Waals surface area contributed by atoms with E-state index in [1.807, 2.05) is 0 Å². The lowest BCUT2D eigenvalue weighted by Crippen LogP contribution is -1.80. The molecular weight excluding hydrogens is 488 g/mol. The van der Waals surface area contributed by atoms with E-state index in [1.165, 1.54) is 0 Å². The van der Waals surface area contributed by atoms with Gasteiger partial charge in [-0.2, -0.15) is 0 Å². The second kappa shape index (κ2) is 5.68. The molecular formula is C12BrCl7O. The van der Waals surface area contributed by atoms with E-state index in [-0.39, 0.29) is 46.3 Å². The minimum Gasteiger partial charge on any atom is -0.453 e. The zero-order chi connectivity index (χ0) is 15.6. The standard InChI is InChI=1S/C12BrCl7O/c13-3-1-2-4(14)6(16)8(18)10(20)12(2)21-11(1)9(19)7(17)5(3)15. The number of hydrogen-bond donors (Lipinski definition) is 0. The summed E-state index contributed by atoms with van der Waals surface area (Å²) in [6, 6.07) is 0. The molecule has 3 rings (SSSR count). The number of halogens is 8. The highest BCUT2D eigenvalue weighted by Crippen LogP contribution is 2.52. The molecule has 0 aliphatic carbocycles. The molecule has 3 aromatic rings. The van der Waals surface area contributed by atoms with Crippen LogP contribution in [0.1, 0.15) is 0 Å². The molecule has 0 saturated carbocycles. The number of fused-ring (bicyclic) bond motifs is 3. The normalized spacial score (nSPS) is 11.8. The summed E-state index contributed by atoms with van der Waals surface area (Å²) in [5, 5.41) is 2.05. The zero-order valence-corrected chi connectivity index (χ0v) is 16.3. The van der Waals surface area contributed by atoms with Gasteiger partial charge in [0, 0.05) is 9.86 Å². The summed E-state index contributed by atoms with van der Waals surface area (Å²) in [6.07, 6.45) is 0. The molecule has 0 amide bonds. The van der Waals surface area contributed by atoms with Crippen molar-refractivity contribution in [2.24, 2.45) is 0 Å². The van der Waals surface area contributed by atoms with E-state index in [9.17, 15) is 0 Å². The summed E-state index contributed by atoms with van der Waals surface area (Å²) >= 11 is 46.3. The van der Waals surface area contributed by atoms with Gasteiger partial charge in [0.1, 0.15) is 10.0 Å². The van der Waals surface area contributed by atoms with Crippen molar-refractivity contribution in [3.05, 3.63) is 39.6 Å². The van der Waals surface area contributed by atoms with Crippen LogP contribution in [0.4, 0.5) is 0 Å². The summed E-state index contributed by atoms with van der Waals surface area (Å²) in [4.78, 5) is 0. The molecule has 0 bridgehead atoms. The molecule has 1 aromatic heterocycles. The number of benzene rings is 2. The first kappa shape index (κ1) is 16.6.